The molecule has 0 saturated carbocycles. The monoisotopic (exact) mass is 747 g/mol. The Bertz CT molecular complexity index is 2960. The van der Waals surface area contributed by atoms with E-state index < -0.39 is 0 Å². The Hall–Kier alpha value is -7.57. The van der Waals surface area contributed by atoms with Crippen molar-refractivity contribution in [2.24, 2.45) is 9.98 Å². The smallest absolute Gasteiger partial charge is 0.164 e. The fourth-order valence-electron chi connectivity index (χ4n) is 7.53. The molecule has 0 bridgehead atoms. The normalized spacial score (nSPS) is 13.3. The van der Waals surface area contributed by atoms with Crippen LogP contribution in [0.25, 0.3) is 72.9 Å². The standard InChI is InChI=1S/C52H37N5O/c1-4-16-35(17-5-1)38-22-14-24-41(32-38)51-53-45(27-11-12-28-46(54-51)40-30-31-44-43-26-10-13-29-47(43)58-48(44)34-40)39-23-15-25-42(33-39)52-56-49(36-18-6-2-7-19-36)55-50(57-52)37-20-8-3-9-21-37/h1-10,13-27,29-34H,11-12,28H2. The van der Waals surface area contributed by atoms with Crippen molar-refractivity contribution in [3.8, 4) is 45.3 Å². The molecule has 0 saturated heterocycles. The van der Waals surface area contributed by atoms with Crippen molar-refractivity contribution in [1.82, 2.24) is 15.0 Å². The number of para-hydroxylation sites is 1. The van der Waals surface area contributed by atoms with Gasteiger partial charge in [0.15, 0.2) is 23.3 Å². The summed E-state index contributed by atoms with van der Waals surface area (Å²) < 4.78 is 6.32. The number of amidine groups is 1. The molecule has 7 aromatic carbocycles. The van der Waals surface area contributed by atoms with Gasteiger partial charge in [0, 0.05) is 38.6 Å². The molecule has 0 atom stereocenters. The molecule has 0 spiro atoms. The van der Waals surface area contributed by atoms with Crippen LogP contribution in [0.5, 0.6) is 0 Å². The van der Waals surface area contributed by atoms with Gasteiger partial charge < -0.3 is 4.42 Å². The van der Waals surface area contributed by atoms with Crippen molar-refractivity contribution in [2.45, 2.75) is 19.3 Å². The van der Waals surface area contributed by atoms with E-state index in [2.05, 4.69) is 103 Å². The molecule has 0 aliphatic carbocycles. The van der Waals surface area contributed by atoms with Gasteiger partial charge in [0.25, 0.3) is 0 Å². The summed E-state index contributed by atoms with van der Waals surface area (Å²) in [6.45, 7) is 0. The lowest BCUT2D eigenvalue weighted by molar-refractivity contribution is 0.669. The number of rotatable bonds is 7. The predicted octanol–water partition coefficient (Wildman–Crippen LogP) is 12.9. The number of benzene rings is 7. The van der Waals surface area contributed by atoms with Crippen LogP contribution in [0.1, 0.15) is 36.0 Å². The molecule has 10 rings (SSSR count). The van der Waals surface area contributed by atoms with Gasteiger partial charge in [0.1, 0.15) is 11.2 Å². The van der Waals surface area contributed by atoms with E-state index in [1.165, 1.54) is 0 Å². The third kappa shape index (κ3) is 7.15. The zero-order valence-electron chi connectivity index (χ0n) is 31.7. The van der Waals surface area contributed by atoms with Gasteiger partial charge in [-0.15, -0.1) is 0 Å². The summed E-state index contributed by atoms with van der Waals surface area (Å²) in [5.41, 5.74) is 11.5. The Morgan fingerprint density at radius 3 is 1.66 bits per heavy atom. The zero-order valence-corrected chi connectivity index (χ0v) is 31.7. The van der Waals surface area contributed by atoms with Gasteiger partial charge in [0.2, 0.25) is 0 Å². The molecule has 0 radical (unpaired) electrons. The van der Waals surface area contributed by atoms with E-state index in [0.717, 1.165) is 97.1 Å². The lowest BCUT2D eigenvalue weighted by Gasteiger charge is -2.11. The van der Waals surface area contributed by atoms with Gasteiger partial charge in [-0.3, -0.25) is 0 Å². The molecular formula is C52H37N5O. The maximum absolute atomic E-state index is 6.32. The lowest BCUT2D eigenvalue weighted by atomic mass is 10.0. The second kappa shape index (κ2) is 15.5. The Morgan fingerprint density at radius 1 is 0.379 bits per heavy atom. The van der Waals surface area contributed by atoms with Crippen LogP contribution < -0.4 is 0 Å². The molecule has 0 unspecified atom stereocenters. The Kier molecular flexibility index (Phi) is 9.34. The van der Waals surface area contributed by atoms with E-state index in [1.807, 2.05) is 84.9 Å². The van der Waals surface area contributed by atoms with E-state index in [9.17, 15) is 0 Å². The van der Waals surface area contributed by atoms with Gasteiger partial charge in [-0.05, 0) is 66.3 Å². The minimum atomic E-state index is 0.597. The highest BCUT2D eigenvalue weighted by Gasteiger charge is 2.17. The Labute approximate surface area is 336 Å². The quantitative estimate of drug-likeness (QED) is 0.163. The summed E-state index contributed by atoms with van der Waals surface area (Å²) in [4.78, 5) is 25.8. The molecule has 276 valence electrons. The summed E-state index contributed by atoms with van der Waals surface area (Å²) in [7, 11) is 0. The highest BCUT2D eigenvalue weighted by molar-refractivity contribution is 6.15. The first kappa shape index (κ1) is 34.9. The van der Waals surface area contributed by atoms with Crippen molar-refractivity contribution in [2.75, 3.05) is 0 Å². The van der Waals surface area contributed by atoms with Gasteiger partial charge in [-0.2, -0.15) is 0 Å². The number of aliphatic imine (C=N–C) groups is 2. The number of furan rings is 1. The summed E-state index contributed by atoms with van der Waals surface area (Å²) in [5.74, 6) is 2.49. The average molecular weight is 748 g/mol. The molecule has 3 heterocycles. The van der Waals surface area contributed by atoms with E-state index in [-0.39, 0.29) is 0 Å². The van der Waals surface area contributed by atoms with Crippen LogP contribution in [0.3, 0.4) is 0 Å². The molecular weight excluding hydrogens is 711 g/mol. The average Bonchev–Trinajstić information content (AvgIpc) is 3.72. The van der Waals surface area contributed by atoms with Crippen LogP contribution in [0.4, 0.5) is 0 Å². The van der Waals surface area contributed by atoms with E-state index >= 15 is 0 Å². The van der Waals surface area contributed by atoms with Crippen LogP contribution in [0.15, 0.2) is 202 Å². The molecule has 0 amide bonds. The summed E-state index contributed by atoms with van der Waals surface area (Å²) in [5, 5.41) is 2.21. The van der Waals surface area contributed by atoms with Crippen molar-refractivity contribution in [1.29, 1.82) is 0 Å². The minimum absolute atomic E-state index is 0.597. The second-order valence-electron chi connectivity index (χ2n) is 14.4. The molecule has 6 nitrogen and oxygen atoms in total. The zero-order chi connectivity index (χ0) is 38.7. The number of allylic oxidation sites excluding steroid dienone is 1. The fourth-order valence-corrected chi connectivity index (χ4v) is 7.53. The Balaban J connectivity index is 1.10. The number of aromatic nitrogens is 3. The number of fused-ring (bicyclic) bond motifs is 3. The van der Waals surface area contributed by atoms with Gasteiger partial charge in [-0.25, -0.2) is 24.9 Å². The summed E-state index contributed by atoms with van der Waals surface area (Å²) in [6.07, 6.45) is 4.75. The van der Waals surface area contributed by atoms with Crippen molar-refractivity contribution >= 4 is 39.2 Å². The van der Waals surface area contributed by atoms with E-state index in [4.69, 9.17) is 29.4 Å². The molecule has 1 aliphatic rings. The molecule has 58 heavy (non-hydrogen) atoms. The molecule has 6 heteroatoms. The highest BCUT2D eigenvalue weighted by atomic mass is 16.3. The molecule has 0 N–H and O–H groups in total. The first-order valence-corrected chi connectivity index (χ1v) is 19.6. The second-order valence-corrected chi connectivity index (χ2v) is 14.4. The van der Waals surface area contributed by atoms with E-state index in [1.54, 1.807) is 0 Å². The largest absolute Gasteiger partial charge is 0.456 e. The third-order valence-corrected chi connectivity index (χ3v) is 10.5. The Morgan fingerprint density at radius 2 is 0.931 bits per heavy atom. The van der Waals surface area contributed by atoms with Crippen LogP contribution >= 0.6 is 0 Å². The third-order valence-electron chi connectivity index (χ3n) is 10.5. The van der Waals surface area contributed by atoms with Crippen molar-refractivity contribution < 1.29 is 4.42 Å². The van der Waals surface area contributed by atoms with Crippen LogP contribution in [0.2, 0.25) is 0 Å². The molecule has 9 aromatic rings. The highest BCUT2D eigenvalue weighted by Crippen LogP contribution is 2.32. The minimum Gasteiger partial charge on any atom is -0.456 e. The van der Waals surface area contributed by atoms with Gasteiger partial charge in [0.05, 0.1) is 11.4 Å². The van der Waals surface area contributed by atoms with E-state index in [0.29, 0.717) is 23.3 Å². The maximum Gasteiger partial charge on any atom is 0.164 e. The SMILES string of the molecule is C1=C(c2cccc(-c3nc(-c4ccccc4)nc(-c4ccccc4)n3)c2)N=C(c2cccc(-c3ccccc3)c2)N=C(c2ccc3c(c2)oc2ccccc23)CCC1. The molecule has 1 aliphatic heterocycles. The predicted molar refractivity (Wildman–Crippen MR) is 237 cm³/mol. The first-order chi connectivity index (χ1) is 28.7. The molecule has 0 fully saturated rings. The topological polar surface area (TPSA) is 76.5 Å². The van der Waals surface area contributed by atoms with Gasteiger partial charge >= 0.3 is 0 Å². The van der Waals surface area contributed by atoms with Crippen molar-refractivity contribution in [3.63, 3.8) is 0 Å². The van der Waals surface area contributed by atoms with Gasteiger partial charge in [-0.1, -0.05) is 158 Å². The number of hydrogen-bond donors (Lipinski definition) is 0. The van der Waals surface area contributed by atoms with Crippen LogP contribution in [-0.2, 0) is 0 Å². The summed E-state index contributed by atoms with van der Waals surface area (Å²) >= 11 is 0. The number of hydrogen-bond acceptors (Lipinski definition) is 6. The first-order valence-electron chi connectivity index (χ1n) is 19.6. The summed E-state index contributed by atoms with van der Waals surface area (Å²) in [6, 6.07) is 62.0. The lowest BCUT2D eigenvalue weighted by Crippen LogP contribution is -2.07. The maximum atomic E-state index is 6.32. The van der Waals surface area contributed by atoms with Crippen molar-refractivity contribution in [3.05, 3.63) is 205 Å². The molecule has 2 aromatic heterocycles. The van der Waals surface area contributed by atoms with Crippen LogP contribution in [-0.4, -0.2) is 26.5 Å². The number of nitrogens with zero attached hydrogens (tertiary/aromatic N) is 5. The van der Waals surface area contributed by atoms with Crippen LogP contribution in [0, 0.1) is 0 Å². The fraction of sp³-hybridized carbons (Fsp3) is 0.0577.